The van der Waals surface area contributed by atoms with Crippen LogP contribution >= 0.6 is 0 Å². The number of nitrogens with zero attached hydrogens (tertiary/aromatic N) is 5. The molecule has 0 radical (unpaired) electrons. The number of aliphatic imine (C=N–C) groups is 1. The minimum atomic E-state index is -0.849. The molecule has 0 aliphatic carbocycles. The molecule has 1 atom stereocenters. The second-order valence-corrected chi connectivity index (χ2v) is 10.8. The summed E-state index contributed by atoms with van der Waals surface area (Å²) >= 11 is 0. The lowest BCUT2D eigenvalue weighted by Crippen LogP contribution is -2.40. The molecule has 0 saturated carbocycles. The van der Waals surface area contributed by atoms with Crippen LogP contribution in [0.4, 0.5) is 14.5 Å². The fraction of sp³-hybridized carbons (Fsp3) is 0.235. The number of hydrogen-bond acceptors (Lipinski definition) is 8. The van der Waals surface area contributed by atoms with Crippen LogP contribution in [0.1, 0.15) is 24.2 Å². The monoisotopic (exact) mass is 626 g/mol. The number of benzene rings is 2. The van der Waals surface area contributed by atoms with E-state index < -0.39 is 11.6 Å². The van der Waals surface area contributed by atoms with E-state index in [0.717, 1.165) is 23.4 Å². The largest absolute Gasteiger partial charge is 0.490 e. The Hall–Kier alpha value is -5.36. The van der Waals surface area contributed by atoms with E-state index in [1.54, 1.807) is 30.3 Å². The van der Waals surface area contributed by atoms with Crippen molar-refractivity contribution in [2.24, 2.45) is 4.99 Å². The Kier molecular flexibility index (Phi) is 8.37. The van der Waals surface area contributed by atoms with Gasteiger partial charge in [-0.25, -0.2) is 13.8 Å². The average molecular weight is 627 g/mol. The third-order valence-electron chi connectivity index (χ3n) is 8.01. The number of hydrogen-bond donors (Lipinski definition) is 1. The molecule has 10 nitrogen and oxygen atoms in total. The summed E-state index contributed by atoms with van der Waals surface area (Å²) in [4.78, 5) is 23.4. The number of halogens is 2. The van der Waals surface area contributed by atoms with E-state index in [-0.39, 0.29) is 36.5 Å². The first-order chi connectivity index (χ1) is 22.2. The topological polar surface area (TPSA) is 121 Å². The lowest BCUT2D eigenvalue weighted by molar-refractivity contribution is -0.129. The van der Waals surface area contributed by atoms with Crippen molar-refractivity contribution < 1.29 is 27.5 Å². The summed E-state index contributed by atoms with van der Waals surface area (Å²) in [6, 6.07) is 10.6. The van der Waals surface area contributed by atoms with Crippen LogP contribution in [0.3, 0.4) is 0 Å². The molecule has 236 valence electrons. The molecule has 4 heterocycles. The molecule has 1 unspecified atom stereocenters. The Balaban J connectivity index is 1.63. The highest BCUT2D eigenvalue weighted by Crippen LogP contribution is 2.46. The van der Waals surface area contributed by atoms with E-state index in [9.17, 15) is 9.18 Å². The lowest BCUT2D eigenvalue weighted by atomic mass is 9.94. The van der Waals surface area contributed by atoms with Crippen LogP contribution in [0.2, 0.25) is 0 Å². The number of amides is 1. The number of anilines is 1. The van der Waals surface area contributed by atoms with E-state index >= 15 is 4.39 Å². The number of nitrogen functional groups attached to an aromatic ring is 1. The van der Waals surface area contributed by atoms with Gasteiger partial charge in [-0.05, 0) is 31.2 Å². The molecule has 0 spiro atoms. The molecule has 1 aliphatic heterocycles. The summed E-state index contributed by atoms with van der Waals surface area (Å²) in [7, 11) is 3.16. The molecule has 3 aromatic heterocycles. The minimum absolute atomic E-state index is 0.00513. The van der Waals surface area contributed by atoms with Gasteiger partial charge in [-0.1, -0.05) is 18.7 Å². The van der Waals surface area contributed by atoms with Crippen molar-refractivity contribution in [1.82, 2.24) is 19.7 Å². The number of carbonyl (C=O) groups excluding carboxylic acids is 1. The highest BCUT2D eigenvalue weighted by atomic mass is 19.1. The van der Waals surface area contributed by atoms with Gasteiger partial charge in [0, 0.05) is 66.8 Å². The zero-order valence-corrected chi connectivity index (χ0v) is 25.6. The summed E-state index contributed by atoms with van der Waals surface area (Å²) in [5.41, 5.74) is 10.8. The Morgan fingerprint density at radius 3 is 2.72 bits per heavy atom. The van der Waals surface area contributed by atoms with Gasteiger partial charge >= 0.3 is 0 Å². The van der Waals surface area contributed by atoms with E-state index in [4.69, 9.17) is 29.7 Å². The maximum Gasteiger partial charge on any atom is 0.246 e. The van der Waals surface area contributed by atoms with Crippen molar-refractivity contribution in [3.63, 3.8) is 0 Å². The van der Waals surface area contributed by atoms with Crippen molar-refractivity contribution in [3.8, 4) is 39.5 Å². The number of rotatable bonds is 9. The van der Waals surface area contributed by atoms with Crippen molar-refractivity contribution in [3.05, 3.63) is 84.3 Å². The zero-order chi connectivity index (χ0) is 32.5. The van der Waals surface area contributed by atoms with Gasteiger partial charge in [0.05, 0.1) is 36.7 Å². The number of nitrogens with two attached hydrogens (primary N) is 1. The van der Waals surface area contributed by atoms with Crippen LogP contribution in [-0.4, -0.2) is 65.7 Å². The van der Waals surface area contributed by atoms with E-state index in [1.165, 1.54) is 19.4 Å². The molecule has 6 rings (SSSR count). The molecule has 12 heteroatoms. The minimum Gasteiger partial charge on any atom is -0.490 e. The first-order valence-corrected chi connectivity index (χ1v) is 14.6. The smallest absolute Gasteiger partial charge is 0.246 e. The van der Waals surface area contributed by atoms with Crippen LogP contribution in [0.25, 0.3) is 44.7 Å². The Morgan fingerprint density at radius 1 is 1.15 bits per heavy atom. The molecule has 1 aliphatic rings. The summed E-state index contributed by atoms with van der Waals surface area (Å²) in [5.74, 6) is -1.87. The van der Waals surface area contributed by atoms with Crippen molar-refractivity contribution in [1.29, 1.82) is 0 Å². The molecular formula is C34H32F2N6O4. The molecule has 0 bridgehead atoms. The molecule has 2 N–H and O–H groups in total. The lowest BCUT2D eigenvalue weighted by Gasteiger charge is -2.33. The van der Waals surface area contributed by atoms with Crippen LogP contribution in [0.15, 0.2) is 70.8 Å². The van der Waals surface area contributed by atoms with Crippen molar-refractivity contribution >= 4 is 28.8 Å². The zero-order valence-electron chi connectivity index (χ0n) is 25.6. The van der Waals surface area contributed by atoms with Crippen LogP contribution in [0, 0.1) is 11.6 Å². The predicted molar refractivity (Wildman–Crippen MR) is 172 cm³/mol. The van der Waals surface area contributed by atoms with Gasteiger partial charge in [-0.2, -0.15) is 5.10 Å². The number of furan rings is 1. The second-order valence-electron chi connectivity index (χ2n) is 10.8. The van der Waals surface area contributed by atoms with Crippen molar-refractivity contribution in [2.45, 2.75) is 19.5 Å². The summed E-state index contributed by atoms with van der Waals surface area (Å²) in [6.45, 7) is 6.66. The second kappa shape index (κ2) is 12.6. The fourth-order valence-corrected chi connectivity index (χ4v) is 5.83. The van der Waals surface area contributed by atoms with Gasteiger partial charge in [0.15, 0.2) is 5.58 Å². The number of carbonyl (C=O) groups is 1. The Bertz CT molecular complexity index is 2000. The maximum absolute atomic E-state index is 16.0. The standard InChI is InChI=1S/C34H32F2N6O4/c1-5-29(43)41-9-10-42-27(19(41)2)17-26(40-42)33-30(31-24(36)15-22(35)16-28(31)45-13-12-44-4)23-8-11-46-34(23)32(39-33)20-6-7-21(18-38-3)25(37)14-20/h5-8,11,14-19H,1,9-10,12-13,37H2,2-4H3. The van der Waals surface area contributed by atoms with Crippen LogP contribution < -0.4 is 10.5 Å². The number of methoxy groups -OCH3 is 1. The highest BCUT2D eigenvalue weighted by Gasteiger charge is 2.31. The third kappa shape index (κ3) is 5.40. The maximum atomic E-state index is 16.0. The molecule has 0 fully saturated rings. The van der Waals surface area contributed by atoms with Crippen molar-refractivity contribution in [2.75, 3.05) is 39.6 Å². The van der Waals surface area contributed by atoms with Gasteiger partial charge in [0.25, 0.3) is 0 Å². The number of fused-ring (bicyclic) bond motifs is 2. The first-order valence-electron chi connectivity index (χ1n) is 14.6. The molecule has 1 amide bonds. The number of ether oxygens (including phenoxy) is 2. The molecule has 2 aromatic carbocycles. The number of pyridine rings is 1. The van der Waals surface area contributed by atoms with Gasteiger partial charge in [0.2, 0.25) is 5.91 Å². The van der Waals surface area contributed by atoms with Crippen LogP contribution in [-0.2, 0) is 16.1 Å². The third-order valence-corrected chi connectivity index (χ3v) is 8.01. The van der Waals surface area contributed by atoms with Gasteiger partial charge in [0.1, 0.15) is 41.1 Å². The first kappa shape index (κ1) is 30.7. The highest BCUT2D eigenvalue weighted by molar-refractivity contribution is 6.07. The molecular weight excluding hydrogens is 594 g/mol. The summed E-state index contributed by atoms with van der Waals surface area (Å²) < 4.78 is 49.3. The van der Waals surface area contributed by atoms with Gasteiger partial charge < -0.3 is 24.5 Å². The normalized spacial score (nSPS) is 14.6. The van der Waals surface area contributed by atoms with E-state index in [1.807, 2.05) is 29.8 Å². The quantitative estimate of drug-likeness (QED) is 0.0915. The predicted octanol–water partition coefficient (Wildman–Crippen LogP) is 6.05. The Labute approximate surface area is 263 Å². The summed E-state index contributed by atoms with van der Waals surface area (Å²) in [6.07, 6.45) is 4.42. The van der Waals surface area contributed by atoms with E-state index in [2.05, 4.69) is 11.6 Å². The molecule has 0 saturated heterocycles. The van der Waals surface area contributed by atoms with Crippen LogP contribution in [0.5, 0.6) is 5.75 Å². The molecule has 46 heavy (non-hydrogen) atoms. The Morgan fingerprint density at radius 2 is 1.98 bits per heavy atom. The fourth-order valence-electron chi connectivity index (χ4n) is 5.83. The number of aromatic nitrogens is 3. The summed E-state index contributed by atoms with van der Waals surface area (Å²) in [5, 5.41) is 5.37. The SMILES string of the molecule is C=CC(=O)N1CCn2nc(-c3nc(-c4ccc(C=NC)c(N)c4)c4occc4c3-c3c(F)cc(F)cc3OCCOC)cc2C1C. The molecule has 5 aromatic rings. The van der Waals surface area contributed by atoms with Gasteiger partial charge in [-0.3, -0.25) is 14.5 Å². The van der Waals surface area contributed by atoms with E-state index in [0.29, 0.717) is 58.0 Å². The average Bonchev–Trinajstić information content (AvgIpc) is 3.70. The van der Waals surface area contributed by atoms with Gasteiger partial charge in [-0.15, -0.1) is 0 Å².